The molecule has 0 aliphatic heterocycles. The van der Waals surface area contributed by atoms with Crippen LogP contribution in [-0.2, 0) is 23.8 Å². The molecule has 33 heavy (non-hydrogen) atoms. The molecule has 2 atom stereocenters. The number of rotatable bonds is 8. The van der Waals surface area contributed by atoms with Crippen molar-refractivity contribution < 1.29 is 85.3 Å². The van der Waals surface area contributed by atoms with E-state index in [2.05, 4.69) is 14.2 Å². The molecule has 0 N–H and O–H groups in total. The molecule has 0 aliphatic rings. The van der Waals surface area contributed by atoms with Crippen LogP contribution in [0.3, 0.4) is 0 Å². The van der Waals surface area contributed by atoms with Crippen LogP contribution in [-0.4, -0.2) is 73.4 Å². The van der Waals surface area contributed by atoms with Crippen LogP contribution in [0.25, 0.3) is 0 Å². The molecule has 0 fully saturated rings. The summed E-state index contributed by atoms with van der Waals surface area (Å²) >= 11 is 0. The normalized spacial score (nSPS) is 16.2. The number of hydrogen-bond donors (Lipinski definition) is 0. The fourth-order valence-corrected chi connectivity index (χ4v) is 1.84. The second kappa shape index (κ2) is 9.65. The van der Waals surface area contributed by atoms with E-state index < -0.39 is 73.4 Å². The summed E-state index contributed by atoms with van der Waals surface area (Å²) in [5.41, 5.74) is -12.8. The molecule has 0 radical (unpaired) electrons. The molecule has 0 amide bonds. The molecule has 0 saturated carbocycles. The highest BCUT2D eigenvalue weighted by Crippen LogP contribution is 2.48. The van der Waals surface area contributed by atoms with Gasteiger partial charge in [0.05, 0.1) is 12.2 Å². The highest BCUT2D eigenvalue weighted by molar-refractivity contribution is 5.82. The lowest BCUT2D eigenvalue weighted by atomic mass is 10.1. The van der Waals surface area contributed by atoms with Gasteiger partial charge in [-0.2, -0.15) is 52.7 Å². The molecule has 0 aromatic heterocycles. The first-order valence-corrected chi connectivity index (χ1v) is 7.98. The maximum atomic E-state index is 13.4. The summed E-state index contributed by atoms with van der Waals surface area (Å²) in [6.07, 6.45) is -30.6. The van der Waals surface area contributed by atoms with E-state index in [1.54, 1.807) is 0 Å². The summed E-state index contributed by atoms with van der Waals surface area (Å²) in [5, 5.41) is 0. The van der Waals surface area contributed by atoms with Gasteiger partial charge in [-0.25, -0.2) is 18.4 Å². The number of ether oxygens (including phenoxy) is 3. The zero-order chi connectivity index (χ0) is 26.8. The summed E-state index contributed by atoms with van der Waals surface area (Å²) in [7, 11) is 0. The molecule has 0 saturated heterocycles. The lowest BCUT2D eigenvalue weighted by Crippen LogP contribution is -2.60. The minimum atomic E-state index is -6.77. The molecule has 5 nitrogen and oxygen atoms in total. The number of carbonyl (C=O) groups is 2. The lowest BCUT2D eigenvalue weighted by Gasteiger charge is -2.29. The average molecular weight is 526 g/mol. The third-order valence-corrected chi connectivity index (χ3v) is 3.49. The molecule has 0 aromatic carbocycles. The van der Waals surface area contributed by atoms with Gasteiger partial charge < -0.3 is 14.2 Å². The molecule has 0 bridgehead atoms. The summed E-state index contributed by atoms with van der Waals surface area (Å²) in [4.78, 5) is 22.1. The third-order valence-electron chi connectivity index (χ3n) is 3.49. The first-order valence-electron chi connectivity index (χ1n) is 7.98. The monoisotopic (exact) mass is 526 g/mol. The van der Waals surface area contributed by atoms with Crippen molar-refractivity contribution in [2.24, 2.45) is 0 Å². The van der Waals surface area contributed by atoms with Crippen molar-refractivity contribution in [3.05, 3.63) is 0 Å². The van der Waals surface area contributed by atoms with Gasteiger partial charge in [-0.3, -0.25) is 0 Å². The summed E-state index contributed by atoms with van der Waals surface area (Å²) < 4.78 is 187. The van der Waals surface area contributed by atoms with Crippen molar-refractivity contribution in [2.75, 3.05) is 13.2 Å². The quantitative estimate of drug-likeness (QED) is 0.344. The van der Waals surface area contributed by atoms with Crippen LogP contribution < -0.4 is 0 Å². The van der Waals surface area contributed by atoms with Crippen molar-refractivity contribution in [3.8, 4) is 0 Å². The Labute approximate surface area is 173 Å². The van der Waals surface area contributed by atoms with E-state index in [0.29, 0.717) is 0 Å². The molecule has 0 aromatic rings. The molecule has 0 rings (SSSR count). The predicted molar refractivity (Wildman–Crippen MR) is 73.8 cm³/mol. The van der Waals surface area contributed by atoms with Gasteiger partial charge in [0.2, 0.25) is 0 Å². The van der Waals surface area contributed by atoms with Crippen LogP contribution in [0, 0.1) is 0 Å². The summed E-state index contributed by atoms with van der Waals surface area (Å²) in [6.45, 7) is -1.55. The van der Waals surface area contributed by atoms with E-state index in [0.717, 1.165) is 13.8 Å². The Balaban J connectivity index is 5.05. The smallest absolute Gasteiger partial charge is 0.442 e. The van der Waals surface area contributed by atoms with Gasteiger partial charge in [0, 0.05) is 0 Å². The van der Waals surface area contributed by atoms with E-state index >= 15 is 0 Å². The Morgan fingerprint density at radius 2 is 0.758 bits per heavy atom. The number of halogens is 14. The second-order valence-corrected chi connectivity index (χ2v) is 6.26. The number of carbonyl (C=O) groups excluding carboxylic acids is 2. The van der Waals surface area contributed by atoms with E-state index in [-0.39, 0.29) is 0 Å². The van der Waals surface area contributed by atoms with Crippen molar-refractivity contribution in [3.63, 3.8) is 0 Å². The van der Waals surface area contributed by atoms with Crippen LogP contribution in [0.5, 0.6) is 0 Å². The van der Waals surface area contributed by atoms with Gasteiger partial charge in [0.25, 0.3) is 0 Å². The van der Waals surface area contributed by atoms with Crippen molar-refractivity contribution in [1.82, 2.24) is 0 Å². The van der Waals surface area contributed by atoms with Gasteiger partial charge in [-0.05, 0) is 13.8 Å². The minimum Gasteiger partial charge on any atom is -0.460 e. The van der Waals surface area contributed by atoms with Crippen molar-refractivity contribution >= 4 is 11.9 Å². The van der Waals surface area contributed by atoms with E-state index in [9.17, 15) is 71.1 Å². The molecule has 0 heterocycles. The highest BCUT2D eigenvalue weighted by atomic mass is 19.4. The van der Waals surface area contributed by atoms with Crippen molar-refractivity contribution in [1.29, 1.82) is 0 Å². The van der Waals surface area contributed by atoms with E-state index in [4.69, 9.17) is 0 Å². The largest absolute Gasteiger partial charge is 0.460 e. The van der Waals surface area contributed by atoms with Gasteiger partial charge in [0.15, 0.2) is 0 Å². The van der Waals surface area contributed by atoms with Crippen LogP contribution in [0.2, 0.25) is 0 Å². The van der Waals surface area contributed by atoms with Gasteiger partial charge >= 0.3 is 48.0 Å². The SMILES string of the molecule is CC(COC(=O)C(F)(C(F)(F)F)C(F)(F)F)OC(C)COC(=O)C(F)(C(F)(F)F)C(F)(F)F. The van der Waals surface area contributed by atoms with E-state index in [1.807, 2.05) is 0 Å². The predicted octanol–water partition coefficient (Wildman–Crippen LogP) is 4.53. The Morgan fingerprint density at radius 1 is 0.545 bits per heavy atom. The zero-order valence-electron chi connectivity index (χ0n) is 15.9. The first kappa shape index (κ1) is 30.9. The molecule has 0 spiro atoms. The Morgan fingerprint density at radius 3 is 0.939 bits per heavy atom. The number of alkyl halides is 14. The van der Waals surface area contributed by atoms with Gasteiger partial charge in [-0.15, -0.1) is 0 Å². The van der Waals surface area contributed by atoms with Crippen LogP contribution in [0.1, 0.15) is 13.8 Å². The summed E-state index contributed by atoms with van der Waals surface area (Å²) in [6, 6.07) is 0. The highest BCUT2D eigenvalue weighted by Gasteiger charge is 2.79. The molecule has 0 aliphatic carbocycles. The number of hydrogen-bond acceptors (Lipinski definition) is 5. The Bertz CT molecular complexity index is 606. The van der Waals surface area contributed by atoms with E-state index in [1.165, 1.54) is 0 Å². The molecule has 2 unspecified atom stereocenters. The maximum Gasteiger partial charge on any atom is 0.442 e. The summed E-state index contributed by atoms with van der Waals surface area (Å²) in [5.74, 6) is -6.87. The fraction of sp³-hybridized carbons (Fsp3) is 0.857. The average Bonchev–Trinajstić information content (AvgIpc) is 2.58. The van der Waals surface area contributed by atoms with Gasteiger partial charge in [-0.1, -0.05) is 0 Å². The van der Waals surface area contributed by atoms with Crippen LogP contribution in [0.4, 0.5) is 61.5 Å². The lowest BCUT2D eigenvalue weighted by molar-refractivity contribution is -0.334. The maximum absolute atomic E-state index is 13.4. The van der Waals surface area contributed by atoms with Crippen LogP contribution in [0.15, 0.2) is 0 Å². The van der Waals surface area contributed by atoms with Crippen LogP contribution >= 0.6 is 0 Å². The standard InChI is InChI=1S/C14H12F14O5/c1-5(3-31-7(29)9(15,11(17,18)19)12(20,21)22)33-6(2)4-32-8(30)10(16,13(23,24)25)14(26,27)28/h5-6H,3-4H2,1-2H3. The molecule has 196 valence electrons. The van der Waals surface area contributed by atoms with Gasteiger partial charge in [0.1, 0.15) is 13.2 Å². The first-order chi connectivity index (χ1) is 14.3. The fourth-order valence-electron chi connectivity index (χ4n) is 1.84. The topological polar surface area (TPSA) is 61.8 Å². The Kier molecular flexibility index (Phi) is 9.04. The molecular formula is C14H12F14O5. The Hall–Kier alpha value is -2.08. The minimum absolute atomic E-state index is 0.748. The molecular weight excluding hydrogens is 514 g/mol. The third kappa shape index (κ3) is 6.50. The molecule has 19 heteroatoms. The van der Waals surface area contributed by atoms with Crippen molar-refractivity contribution in [2.45, 2.75) is 62.1 Å². The zero-order valence-corrected chi connectivity index (χ0v) is 15.9. The second-order valence-electron chi connectivity index (χ2n) is 6.26. The number of esters is 2.